The molecule has 6 aromatic rings. The van der Waals surface area contributed by atoms with E-state index in [1.807, 2.05) is 66.9 Å². The lowest BCUT2D eigenvalue weighted by Crippen LogP contribution is -2.36. The number of nitrogens with zero attached hydrogens (tertiary/aromatic N) is 2. The molecule has 0 atom stereocenters. The van der Waals surface area contributed by atoms with E-state index in [-0.39, 0.29) is 5.88 Å². The second-order valence-corrected chi connectivity index (χ2v) is 12.0. The monoisotopic (exact) mass is 657 g/mol. The van der Waals surface area contributed by atoms with Gasteiger partial charge >= 0.3 is 6.16 Å². The Morgan fingerprint density at radius 2 is 1.69 bits per heavy atom. The SMILES string of the molecule is CCc1nccc(COc2ccc(N3CCOCC3)cc2)c1-c1cccc2c(CCCOc3cccc4ccccc34)c(OC(=O)O)[nH]c12. The molecule has 3 heterocycles. The topological polar surface area (TPSA) is 106 Å². The van der Waals surface area contributed by atoms with Crippen LogP contribution < -0.4 is 19.1 Å². The molecule has 0 radical (unpaired) electrons. The van der Waals surface area contributed by atoms with Gasteiger partial charge in [0.2, 0.25) is 5.88 Å². The van der Waals surface area contributed by atoms with Gasteiger partial charge in [-0.1, -0.05) is 61.5 Å². The number of H-pyrrole nitrogens is 1. The molecule has 1 saturated heterocycles. The molecule has 4 aromatic carbocycles. The van der Waals surface area contributed by atoms with Crippen molar-refractivity contribution in [1.82, 2.24) is 9.97 Å². The predicted octanol–water partition coefficient (Wildman–Crippen LogP) is 8.43. The summed E-state index contributed by atoms with van der Waals surface area (Å²) in [5.74, 6) is 1.83. The van der Waals surface area contributed by atoms with Crippen molar-refractivity contribution >= 4 is 33.5 Å². The number of ether oxygens (including phenoxy) is 4. The van der Waals surface area contributed by atoms with Crippen LogP contribution in [0.5, 0.6) is 17.4 Å². The lowest BCUT2D eigenvalue weighted by Gasteiger charge is -2.28. The molecule has 0 amide bonds. The average molecular weight is 658 g/mol. The maximum absolute atomic E-state index is 11.8. The van der Waals surface area contributed by atoms with E-state index in [1.165, 1.54) is 0 Å². The molecule has 1 aliphatic heterocycles. The van der Waals surface area contributed by atoms with Crippen LogP contribution in [0.15, 0.2) is 97.2 Å². The predicted molar refractivity (Wildman–Crippen MR) is 191 cm³/mol. The molecule has 0 unspecified atom stereocenters. The number of para-hydroxylation sites is 1. The average Bonchev–Trinajstić information content (AvgIpc) is 3.49. The molecule has 0 bridgehead atoms. The summed E-state index contributed by atoms with van der Waals surface area (Å²) in [5.41, 5.74) is 6.53. The van der Waals surface area contributed by atoms with Gasteiger partial charge in [-0.2, -0.15) is 0 Å². The molecule has 1 fully saturated rings. The van der Waals surface area contributed by atoms with Crippen LogP contribution in [0.25, 0.3) is 32.8 Å². The van der Waals surface area contributed by atoms with Crippen molar-refractivity contribution < 1.29 is 28.8 Å². The number of aromatic amines is 1. The van der Waals surface area contributed by atoms with Gasteiger partial charge in [-0.15, -0.1) is 0 Å². The highest BCUT2D eigenvalue weighted by atomic mass is 16.7. The number of rotatable bonds is 12. The van der Waals surface area contributed by atoms with E-state index in [0.29, 0.717) is 32.5 Å². The summed E-state index contributed by atoms with van der Waals surface area (Å²) in [5, 5.41) is 12.7. The fourth-order valence-electron chi connectivity index (χ4n) is 6.64. The molecule has 0 saturated carbocycles. The van der Waals surface area contributed by atoms with Crippen LogP contribution in [0.1, 0.15) is 30.2 Å². The van der Waals surface area contributed by atoms with Gasteiger partial charge in [-0.3, -0.25) is 4.98 Å². The number of pyridine rings is 1. The number of hydrogen-bond donors (Lipinski definition) is 2. The third-order valence-corrected chi connectivity index (χ3v) is 9.00. The third-order valence-electron chi connectivity index (χ3n) is 9.00. The zero-order chi connectivity index (χ0) is 33.6. The van der Waals surface area contributed by atoms with E-state index in [2.05, 4.69) is 47.1 Å². The van der Waals surface area contributed by atoms with Crippen molar-refractivity contribution in [3.8, 4) is 28.5 Å². The molecule has 2 aromatic heterocycles. The zero-order valence-electron chi connectivity index (χ0n) is 27.5. The van der Waals surface area contributed by atoms with Gasteiger partial charge in [0.1, 0.15) is 18.1 Å². The second kappa shape index (κ2) is 14.7. The molecule has 49 heavy (non-hydrogen) atoms. The third kappa shape index (κ3) is 7.03. The van der Waals surface area contributed by atoms with Crippen molar-refractivity contribution in [2.45, 2.75) is 32.8 Å². The summed E-state index contributed by atoms with van der Waals surface area (Å²) < 4.78 is 23.3. The molecule has 7 rings (SSSR count). The van der Waals surface area contributed by atoms with Crippen LogP contribution in [-0.2, 0) is 24.2 Å². The minimum Gasteiger partial charge on any atom is -0.493 e. The lowest BCUT2D eigenvalue weighted by molar-refractivity contribution is 0.122. The van der Waals surface area contributed by atoms with Crippen LogP contribution in [0.3, 0.4) is 0 Å². The van der Waals surface area contributed by atoms with E-state index >= 15 is 0 Å². The Balaban J connectivity index is 1.14. The van der Waals surface area contributed by atoms with Gasteiger partial charge in [-0.25, -0.2) is 4.79 Å². The molecule has 2 N–H and O–H groups in total. The second-order valence-electron chi connectivity index (χ2n) is 12.0. The van der Waals surface area contributed by atoms with Gasteiger partial charge in [0.15, 0.2) is 0 Å². The molecule has 1 aliphatic rings. The first-order valence-corrected chi connectivity index (χ1v) is 16.8. The number of fused-ring (bicyclic) bond motifs is 2. The first-order valence-electron chi connectivity index (χ1n) is 16.8. The summed E-state index contributed by atoms with van der Waals surface area (Å²) in [6.45, 7) is 6.12. The van der Waals surface area contributed by atoms with Crippen molar-refractivity contribution in [3.05, 3.63) is 114 Å². The largest absolute Gasteiger partial charge is 0.512 e. The van der Waals surface area contributed by atoms with Crippen molar-refractivity contribution in [3.63, 3.8) is 0 Å². The van der Waals surface area contributed by atoms with Crippen molar-refractivity contribution in [2.75, 3.05) is 37.8 Å². The van der Waals surface area contributed by atoms with E-state index in [4.69, 9.17) is 23.9 Å². The fourth-order valence-corrected chi connectivity index (χ4v) is 6.64. The normalized spacial score (nSPS) is 13.1. The van der Waals surface area contributed by atoms with E-state index in [1.54, 1.807) is 0 Å². The Morgan fingerprint density at radius 1 is 0.918 bits per heavy atom. The minimum absolute atomic E-state index is 0.222. The first-order chi connectivity index (χ1) is 24.1. The number of aryl methyl sites for hydroxylation is 2. The minimum atomic E-state index is -1.37. The number of aromatic nitrogens is 2. The Hall–Kier alpha value is -5.54. The van der Waals surface area contributed by atoms with Gasteiger partial charge in [0.25, 0.3) is 0 Å². The highest BCUT2D eigenvalue weighted by molar-refractivity contribution is 5.99. The summed E-state index contributed by atoms with van der Waals surface area (Å²) >= 11 is 0. The van der Waals surface area contributed by atoms with Crippen molar-refractivity contribution in [2.24, 2.45) is 0 Å². The summed E-state index contributed by atoms with van der Waals surface area (Å²) in [7, 11) is 0. The fraction of sp³-hybridized carbons (Fsp3) is 0.250. The van der Waals surface area contributed by atoms with Gasteiger partial charge < -0.3 is 33.9 Å². The number of carbonyl (C=O) groups is 1. The number of nitrogens with one attached hydrogen (secondary N) is 1. The van der Waals surface area contributed by atoms with Gasteiger partial charge in [0.05, 0.1) is 25.3 Å². The molecule has 0 aliphatic carbocycles. The van der Waals surface area contributed by atoms with Crippen LogP contribution in [0.4, 0.5) is 10.5 Å². The number of hydrogen-bond acceptors (Lipinski definition) is 7. The maximum atomic E-state index is 11.8. The molecule has 9 heteroatoms. The van der Waals surface area contributed by atoms with E-state index < -0.39 is 6.16 Å². The number of anilines is 1. The summed E-state index contributed by atoms with van der Waals surface area (Å²) in [6.07, 6.45) is 2.38. The zero-order valence-corrected chi connectivity index (χ0v) is 27.5. The molecule has 250 valence electrons. The Kier molecular flexibility index (Phi) is 9.61. The van der Waals surface area contributed by atoms with Crippen LogP contribution in [0.2, 0.25) is 0 Å². The molecule has 9 nitrogen and oxygen atoms in total. The summed E-state index contributed by atoms with van der Waals surface area (Å²) in [6, 6.07) is 30.3. The van der Waals surface area contributed by atoms with Crippen molar-refractivity contribution in [1.29, 1.82) is 0 Å². The summed E-state index contributed by atoms with van der Waals surface area (Å²) in [4.78, 5) is 22.1. The van der Waals surface area contributed by atoms with E-state index in [0.717, 1.165) is 93.1 Å². The molecular formula is C40H39N3O6. The Labute approximate surface area is 285 Å². The highest BCUT2D eigenvalue weighted by Crippen LogP contribution is 2.38. The lowest BCUT2D eigenvalue weighted by atomic mass is 9.95. The maximum Gasteiger partial charge on any atom is 0.512 e. The quantitative estimate of drug-likeness (QED) is 0.0998. The molecular weight excluding hydrogens is 618 g/mol. The molecule has 0 spiro atoms. The van der Waals surface area contributed by atoms with Crippen LogP contribution in [0, 0.1) is 0 Å². The highest BCUT2D eigenvalue weighted by Gasteiger charge is 2.21. The van der Waals surface area contributed by atoms with Gasteiger partial charge in [-0.05, 0) is 61.0 Å². The van der Waals surface area contributed by atoms with Gasteiger partial charge in [0, 0.05) is 63.7 Å². The number of carboxylic acid groups (broad SMARTS) is 1. The number of morpholine rings is 1. The standard InChI is InChI=1S/C40H39N3O6/c1-2-35-37(28(19-20-41-35)26-48-30-17-15-29(16-18-30)43-21-24-46-25-22-43)34-12-6-11-32-33(39(42-38(32)34)49-40(44)45)13-7-23-47-36-14-5-9-27-8-3-4-10-31(27)36/h3-6,8-12,14-20,42H,2,7,13,21-26H2,1H3,(H,44,45). The smallest absolute Gasteiger partial charge is 0.493 e. The number of benzene rings is 4. The Bertz CT molecular complexity index is 2060. The van der Waals surface area contributed by atoms with Crippen LogP contribution >= 0.6 is 0 Å². The van der Waals surface area contributed by atoms with Crippen LogP contribution in [-0.4, -0.2) is 54.1 Å². The Morgan fingerprint density at radius 3 is 2.51 bits per heavy atom. The van der Waals surface area contributed by atoms with E-state index in [9.17, 15) is 9.90 Å². The first kappa shape index (κ1) is 32.0.